The van der Waals surface area contributed by atoms with E-state index in [2.05, 4.69) is 0 Å². The predicted octanol–water partition coefficient (Wildman–Crippen LogP) is 1.84. The fourth-order valence-electron chi connectivity index (χ4n) is 2.10. The molecule has 0 radical (unpaired) electrons. The van der Waals surface area contributed by atoms with Crippen molar-refractivity contribution in [3.05, 3.63) is 39.9 Å². The summed E-state index contributed by atoms with van der Waals surface area (Å²) in [6.45, 7) is -0.197. The molecule has 1 heterocycles. The molecule has 1 aromatic carbocycles. The zero-order chi connectivity index (χ0) is 16.3. The highest BCUT2D eigenvalue weighted by atomic mass is 19.1. The number of nitro groups is 1. The van der Waals surface area contributed by atoms with Crippen LogP contribution < -0.4 is 0 Å². The Morgan fingerprint density at radius 3 is 2.55 bits per heavy atom. The molecule has 1 saturated heterocycles. The van der Waals surface area contributed by atoms with Crippen molar-refractivity contribution in [1.29, 1.82) is 0 Å². The summed E-state index contributed by atoms with van der Waals surface area (Å²) in [6, 6.07) is 4.67. The fourth-order valence-corrected chi connectivity index (χ4v) is 2.10. The van der Waals surface area contributed by atoms with Crippen LogP contribution in [0.25, 0.3) is 0 Å². The zero-order valence-corrected chi connectivity index (χ0v) is 11.3. The van der Waals surface area contributed by atoms with E-state index in [4.69, 9.17) is 9.84 Å². The van der Waals surface area contributed by atoms with Crippen LogP contribution in [0, 0.1) is 10.1 Å². The summed E-state index contributed by atoms with van der Waals surface area (Å²) >= 11 is 0. The van der Waals surface area contributed by atoms with Crippen LogP contribution >= 0.6 is 0 Å². The first-order valence-electron chi connectivity index (χ1n) is 6.46. The third-order valence-electron chi connectivity index (χ3n) is 3.32. The molecule has 2 atom stereocenters. The summed E-state index contributed by atoms with van der Waals surface area (Å²) in [5.41, 5.74) is -0.153. The van der Waals surface area contributed by atoms with Gasteiger partial charge < -0.3 is 14.7 Å². The molecule has 2 rings (SSSR count). The molecule has 1 aliphatic rings. The minimum Gasteiger partial charge on any atom is -0.465 e. The minimum atomic E-state index is -1.45. The highest BCUT2D eigenvalue weighted by Gasteiger charge is 2.34. The molecule has 0 aromatic heterocycles. The minimum absolute atomic E-state index is 0.0326. The molecule has 9 heteroatoms. The van der Waals surface area contributed by atoms with Crippen LogP contribution in [0.5, 0.6) is 0 Å². The first-order chi connectivity index (χ1) is 10.4. The molecule has 1 N–H and O–H groups in total. The SMILES string of the molecule is O=C(OC1CN(C(=O)O)CCC1F)c1ccc([N+](=O)[O-])cc1. The van der Waals surface area contributed by atoms with Crippen LogP contribution in [0.15, 0.2) is 24.3 Å². The topological polar surface area (TPSA) is 110 Å². The van der Waals surface area contributed by atoms with Crippen LogP contribution in [0.2, 0.25) is 0 Å². The lowest BCUT2D eigenvalue weighted by Gasteiger charge is -2.32. The molecule has 0 bridgehead atoms. The van der Waals surface area contributed by atoms with E-state index in [-0.39, 0.29) is 30.8 Å². The Hall–Kier alpha value is -2.71. The van der Waals surface area contributed by atoms with Gasteiger partial charge in [-0.05, 0) is 12.1 Å². The summed E-state index contributed by atoms with van der Waals surface area (Å²) in [7, 11) is 0. The molecule has 1 amide bonds. The number of nitro benzene ring substituents is 1. The number of nitrogens with zero attached hydrogens (tertiary/aromatic N) is 2. The third kappa shape index (κ3) is 3.48. The summed E-state index contributed by atoms with van der Waals surface area (Å²) in [4.78, 5) is 33.6. The fraction of sp³-hybridized carbons (Fsp3) is 0.385. The average molecular weight is 312 g/mol. The van der Waals surface area contributed by atoms with Gasteiger partial charge in [0.25, 0.3) is 5.69 Å². The Labute approximate surface area is 124 Å². The lowest BCUT2D eigenvalue weighted by Crippen LogP contribution is -2.49. The maximum atomic E-state index is 13.7. The number of alkyl halides is 1. The summed E-state index contributed by atoms with van der Waals surface area (Å²) in [5, 5.41) is 19.4. The number of ether oxygens (including phenoxy) is 1. The monoisotopic (exact) mass is 312 g/mol. The molecule has 22 heavy (non-hydrogen) atoms. The second kappa shape index (κ2) is 6.37. The molecule has 2 unspecified atom stereocenters. The van der Waals surface area contributed by atoms with Gasteiger partial charge >= 0.3 is 12.1 Å². The van der Waals surface area contributed by atoms with Gasteiger partial charge in [-0.1, -0.05) is 0 Å². The van der Waals surface area contributed by atoms with Gasteiger partial charge in [-0.3, -0.25) is 10.1 Å². The van der Waals surface area contributed by atoms with Crippen molar-refractivity contribution in [3.8, 4) is 0 Å². The van der Waals surface area contributed by atoms with E-state index in [9.17, 15) is 24.1 Å². The van der Waals surface area contributed by atoms with Gasteiger partial charge in [0.15, 0.2) is 6.10 Å². The van der Waals surface area contributed by atoms with Gasteiger partial charge in [0.05, 0.1) is 17.0 Å². The first-order valence-corrected chi connectivity index (χ1v) is 6.46. The number of likely N-dealkylation sites (tertiary alicyclic amines) is 1. The summed E-state index contributed by atoms with van der Waals surface area (Å²) < 4.78 is 18.7. The number of esters is 1. The molecular formula is C13H13FN2O6. The summed E-state index contributed by atoms with van der Waals surface area (Å²) in [6.07, 6.45) is -3.89. The van der Waals surface area contributed by atoms with Crippen LogP contribution in [0.4, 0.5) is 14.9 Å². The van der Waals surface area contributed by atoms with Crippen LogP contribution in [-0.2, 0) is 4.74 Å². The van der Waals surface area contributed by atoms with E-state index < -0.39 is 29.3 Å². The number of piperidine rings is 1. The van der Waals surface area contributed by atoms with Gasteiger partial charge in [0.2, 0.25) is 0 Å². The number of carbonyl (C=O) groups excluding carboxylic acids is 1. The molecule has 8 nitrogen and oxygen atoms in total. The maximum absolute atomic E-state index is 13.7. The standard InChI is InChI=1S/C13H13FN2O6/c14-10-5-6-15(13(18)19)7-11(10)22-12(17)8-1-3-9(4-2-8)16(20)21/h1-4,10-11H,5-7H2,(H,18,19). The Morgan fingerprint density at radius 1 is 1.36 bits per heavy atom. The van der Waals surface area contributed by atoms with Crippen molar-refractivity contribution in [2.75, 3.05) is 13.1 Å². The Balaban J connectivity index is 2.03. The molecule has 1 aromatic rings. The summed E-state index contributed by atoms with van der Waals surface area (Å²) in [5.74, 6) is -0.852. The molecule has 0 spiro atoms. The van der Waals surface area contributed by atoms with Gasteiger partial charge in [0, 0.05) is 25.1 Å². The molecule has 118 valence electrons. The van der Waals surface area contributed by atoms with Crippen molar-refractivity contribution in [2.45, 2.75) is 18.7 Å². The predicted molar refractivity (Wildman–Crippen MR) is 71.4 cm³/mol. The zero-order valence-electron chi connectivity index (χ0n) is 11.3. The largest absolute Gasteiger partial charge is 0.465 e. The number of hydrogen-bond acceptors (Lipinski definition) is 5. The van der Waals surface area contributed by atoms with Crippen LogP contribution in [0.3, 0.4) is 0 Å². The van der Waals surface area contributed by atoms with Crippen LogP contribution in [-0.4, -0.2) is 52.4 Å². The van der Waals surface area contributed by atoms with Gasteiger partial charge in [-0.2, -0.15) is 0 Å². The Kier molecular flexibility index (Phi) is 4.54. The number of rotatable bonds is 3. The van der Waals surface area contributed by atoms with Crippen molar-refractivity contribution < 1.29 is 28.7 Å². The van der Waals surface area contributed by atoms with Gasteiger partial charge in [0.1, 0.15) is 6.17 Å². The smallest absolute Gasteiger partial charge is 0.407 e. The molecular weight excluding hydrogens is 299 g/mol. The molecule has 1 fully saturated rings. The number of carbonyl (C=O) groups is 2. The maximum Gasteiger partial charge on any atom is 0.407 e. The van der Waals surface area contributed by atoms with E-state index in [1.165, 1.54) is 12.1 Å². The quantitative estimate of drug-likeness (QED) is 0.518. The second-order valence-corrected chi connectivity index (χ2v) is 4.78. The van der Waals surface area contributed by atoms with E-state index in [0.717, 1.165) is 17.0 Å². The van der Waals surface area contributed by atoms with Crippen molar-refractivity contribution in [3.63, 3.8) is 0 Å². The van der Waals surface area contributed by atoms with E-state index >= 15 is 0 Å². The Bertz CT molecular complexity index is 591. The van der Waals surface area contributed by atoms with E-state index in [1.54, 1.807) is 0 Å². The lowest BCUT2D eigenvalue weighted by molar-refractivity contribution is -0.384. The third-order valence-corrected chi connectivity index (χ3v) is 3.32. The number of halogens is 1. The van der Waals surface area contributed by atoms with Crippen molar-refractivity contribution in [2.24, 2.45) is 0 Å². The van der Waals surface area contributed by atoms with E-state index in [0.29, 0.717) is 0 Å². The van der Waals surface area contributed by atoms with Crippen LogP contribution in [0.1, 0.15) is 16.8 Å². The second-order valence-electron chi connectivity index (χ2n) is 4.78. The molecule has 1 aliphatic heterocycles. The molecule has 0 saturated carbocycles. The number of carboxylic acid groups (broad SMARTS) is 1. The number of benzene rings is 1. The van der Waals surface area contributed by atoms with E-state index in [1.807, 2.05) is 0 Å². The highest BCUT2D eigenvalue weighted by molar-refractivity contribution is 5.89. The average Bonchev–Trinajstić information content (AvgIpc) is 2.49. The highest BCUT2D eigenvalue weighted by Crippen LogP contribution is 2.20. The molecule has 0 aliphatic carbocycles. The number of amides is 1. The van der Waals surface area contributed by atoms with Gasteiger partial charge in [-0.15, -0.1) is 0 Å². The first kappa shape index (κ1) is 15.7. The normalized spacial score (nSPS) is 21.2. The lowest BCUT2D eigenvalue weighted by atomic mass is 10.1. The van der Waals surface area contributed by atoms with Crippen molar-refractivity contribution in [1.82, 2.24) is 4.90 Å². The van der Waals surface area contributed by atoms with Crippen molar-refractivity contribution >= 4 is 17.7 Å². The number of non-ortho nitro benzene ring substituents is 1. The van der Waals surface area contributed by atoms with Gasteiger partial charge in [-0.25, -0.2) is 14.0 Å². The number of hydrogen-bond donors (Lipinski definition) is 1. The Morgan fingerprint density at radius 2 is 2.00 bits per heavy atom.